The van der Waals surface area contributed by atoms with Gasteiger partial charge in [0.05, 0.1) is 0 Å². The first kappa shape index (κ1) is 7.37. The van der Waals surface area contributed by atoms with Gasteiger partial charge in [-0.05, 0) is 55.8 Å². The molecule has 0 aliphatic heterocycles. The minimum Gasteiger partial charge on any atom is -0.325 e. The third kappa shape index (κ3) is 0.891. The van der Waals surface area contributed by atoms with E-state index in [1.54, 1.807) is 0 Å². The van der Waals surface area contributed by atoms with E-state index < -0.39 is 0 Å². The van der Waals surface area contributed by atoms with Crippen molar-refractivity contribution in [3.8, 4) is 0 Å². The Morgan fingerprint density at radius 3 is 2.08 bits per heavy atom. The maximum Gasteiger partial charge on any atom is 0.0164 e. The van der Waals surface area contributed by atoms with Gasteiger partial charge in [0.25, 0.3) is 0 Å². The zero-order valence-corrected chi connectivity index (χ0v) is 7.97. The Bertz CT molecular complexity index is 187. The minimum atomic E-state index is 0.263. The van der Waals surface area contributed by atoms with E-state index in [1.165, 1.54) is 38.5 Å². The molecule has 0 radical (unpaired) electrons. The van der Waals surface area contributed by atoms with E-state index in [1.807, 2.05) is 0 Å². The second-order valence-corrected chi connectivity index (χ2v) is 6.13. The fourth-order valence-electron chi connectivity index (χ4n) is 4.80. The lowest BCUT2D eigenvalue weighted by molar-refractivity contribution is -0.0563. The van der Waals surface area contributed by atoms with Gasteiger partial charge in [0.2, 0.25) is 0 Å². The summed E-state index contributed by atoms with van der Waals surface area (Å²) in [5.74, 6) is 1.97. The summed E-state index contributed by atoms with van der Waals surface area (Å²) in [5, 5.41) is 0. The third-order valence-electron chi connectivity index (χ3n) is 4.40. The molecule has 4 bridgehead atoms. The minimum absolute atomic E-state index is 0.263. The predicted molar refractivity (Wildman–Crippen MR) is 49.7 cm³/mol. The van der Waals surface area contributed by atoms with Crippen LogP contribution in [0.15, 0.2) is 0 Å². The highest BCUT2D eigenvalue weighted by molar-refractivity contribution is 5.08. The van der Waals surface area contributed by atoms with Crippen LogP contribution in [0.3, 0.4) is 0 Å². The van der Waals surface area contributed by atoms with Crippen LogP contribution in [-0.4, -0.2) is 5.54 Å². The van der Waals surface area contributed by atoms with Gasteiger partial charge < -0.3 is 5.73 Å². The summed E-state index contributed by atoms with van der Waals surface area (Å²) in [6.45, 7) is 2.46. The molecule has 4 aliphatic rings. The molecule has 0 aromatic rings. The van der Waals surface area contributed by atoms with Crippen molar-refractivity contribution < 1.29 is 0 Å². The molecule has 0 amide bonds. The van der Waals surface area contributed by atoms with Crippen molar-refractivity contribution in [3.05, 3.63) is 0 Å². The van der Waals surface area contributed by atoms with Crippen LogP contribution < -0.4 is 5.73 Å². The van der Waals surface area contributed by atoms with E-state index in [0.717, 1.165) is 11.8 Å². The standard InChI is InChI=1S/C11H19N/c1-10-3-8-2-9(4-10)6-11(12,5-8)7-10/h8-9H,2-7,12H2,1H3/t8-,9-,10?,11?/m1/s1. The zero-order chi connectivity index (χ0) is 8.40. The van der Waals surface area contributed by atoms with Crippen molar-refractivity contribution in [2.75, 3.05) is 0 Å². The van der Waals surface area contributed by atoms with Gasteiger partial charge in [0.15, 0.2) is 0 Å². The van der Waals surface area contributed by atoms with Gasteiger partial charge in [-0.25, -0.2) is 0 Å². The Kier molecular flexibility index (Phi) is 1.16. The largest absolute Gasteiger partial charge is 0.325 e. The van der Waals surface area contributed by atoms with Gasteiger partial charge in [0.1, 0.15) is 0 Å². The molecule has 2 N–H and O–H groups in total. The lowest BCUT2D eigenvalue weighted by Gasteiger charge is -2.60. The summed E-state index contributed by atoms with van der Waals surface area (Å²) in [4.78, 5) is 0. The van der Waals surface area contributed by atoms with E-state index >= 15 is 0 Å². The molecule has 68 valence electrons. The van der Waals surface area contributed by atoms with E-state index in [9.17, 15) is 0 Å². The lowest BCUT2D eigenvalue weighted by Crippen LogP contribution is -2.59. The van der Waals surface area contributed by atoms with E-state index in [2.05, 4.69) is 6.92 Å². The third-order valence-corrected chi connectivity index (χ3v) is 4.40. The summed E-state index contributed by atoms with van der Waals surface area (Å²) in [5.41, 5.74) is 7.31. The Hall–Kier alpha value is -0.0400. The highest BCUT2D eigenvalue weighted by Gasteiger charge is 2.53. The van der Waals surface area contributed by atoms with Crippen LogP contribution in [0, 0.1) is 17.3 Å². The van der Waals surface area contributed by atoms with Crippen LogP contribution in [0.4, 0.5) is 0 Å². The molecule has 0 aromatic heterocycles. The summed E-state index contributed by atoms with van der Waals surface area (Å²) in [6, 6.07) is 0. The maximum atomic E-state index is 6.41. The molecule has 4 aliphatic carbocycles. The molecule has 0 aromatic carbocycles. The van der Waals surface area contributed by atoms with Crippen molar-refractivity contribution in [2.24, 2.45) is 23.0 Å². The van der Waals surface area contributed by atoms with Crippen molar-refractivity contribution in [1.82, 2.24) is 0 Å². The second-order valence-electron chi connectivity index (χ2n) is 6.13. The average Bonchev–Trinajstić information content (AvgIpc) is 1.75. The van der Waals surface area contributed by atoms with E-state index in [4.69, 9.17) is 5.73 Å². The summed E-state index contributed by atoms with van der Waals surface area (Å²) in [6.07, 6.45) is 8.42. The molecule has 12 heavy (non-hydrogen) atoms. The Labute approximate surface area is 74.7 Å². The van der Waals surface area contributed by atoms with Gasteiger partial charge in [-0.15, -0.1) is 0 Å². The van der Waals surface area contributed by atoms with Crippen LogP contribution in [0.25, 0.3) is 0 Å². The Morgan fingerprint density at radius 1 is 1.08 bits per heavy atom. The van der Waals surface area contributed by atoms with Crippen molar-refractivity contribution in [2.45, 2.75) is 51.0 Å². The first-order valence-electron chi connectivity index (χ1n) is 5.36. The van der Waals surface area contributed by atoms with Crippen molar-refractivity contribution in [3.63, 3.8) is 0 Å². The zero-order valence-electron chi connectivity index (χ0n) is 7.97. The van der Waals surface area contributed by atoms with E-state index in [-0.39, 0.29) is 5.54 Å². The molecule has 4 saturated carbocycles. The normalized spacial score (nSPS) is 62.5. The molecule has 1 heteroatoms. The van der Waals surface area contributed by atoms with Crippen molar-refractivity contribution >= 4 is 0 Å². The quantitative estimate of drug-likeness (QED) is 0.585. The molecule has 4 rings (SSSR count). The molecule has 0 saturated heterocycles. The molecular weight excluding hydrogens is 146 g/mol. The Morgan fingerprint density at radius 2 is 1.67 bits per heavy atom. The smallest absolute Gasteiger partial charge is 0.0164 e. The molecule has 0 unspecified atom stereocenters. The van der Waals surface area contributed by atoms with Crippen LogP contribution in [0.1, 0.15) is 45.4 Å². The highest BCUT2D eigenvalue weighted by atomic mass is 14.8. The van der Waals surface area contributed by atoms with Crippen molar-refractivity contribution in [1.29, 1.82) is 0 Å². The number of rotatable bonds is 0. The van der Waals surface area contributed by atoms with Gasteiger partial charge in [-0.1, -0.05) is 6.92 Å². The molecule has 2 atom stereocenters. The average molecular weight is 165 g/mol. The summed E-state index contributed by atoms with van der Waals surface area (Å²) < 4.78 is 0. The van der Waals surface area contributed by atoms with Crippen LogP contribution in [0.5, 0.6) is 0 Å². The van der Waals surface area contributed by atoms with E-state index in [0.29, 0.717) is 5.41 Å². The molecule has 0 spiro atoms. The number of hydrogen-bond donors (Lipinski definition) is 1. The van der Waals surface area contributed by atoms with Gasteiger partial charge in [-0.3, -0.25) is 0 Å². The number of hydrogen-bond acceptors (Lipinski definition) is 1. The maximum absolute atomic E-state index is 6.41. The monoisotopic (exact) mass is 165 g/mol. The van der Waals surface area contributed by atoms with Crippen LogP contribution >= 0.6 is 0 Å². The summed E-state index contributed by atoms with van der Waals surface area (Å²) >= 11 is 0. The second kappa shape index (κ2) is 1.89. The fourth-order valence-corrected chi connectivity index (χ4v) is 4.80. The van der Waals surface area contributed by atoms with Gasteiger partial charge in [0, 0.05) is 5.54 Å². The first-order valence-corrected chi connectivity index (χ1v) is 5.36. The Balaban J connectivity index is 1.98. The fraction of sp³-hybridized carbons (Fsp3) is 1.00. The van der Waals surface area contributed by atoms with Crippen LogP contribution in [-0.2, 0) is 0 Å². The van der Waals surface area contributed by atoms with Crippen LogP contribution in [0.2, 0.25) is 0 Å². The predicted octanol–water partition coefficient (Wildman–Crippen LogP) is 2.30. The number of nitrogens with two attached hydrogens (primary N) is 1. The molecule has 0 heterocycles. The topological polar surface area (TPSA) is 26.0 Å². The van der Waals surface area contributed by atoms with Gasteiger partial charge in [-0.2, -0.15) is 0 Å². The molecule has 1 nitrogen and oxygen atoms in total. The lowest BCUT2D eigenvalue weighted by atomic mass is 9.48. The summed E-state index contributed by atoms with van der Waals surface area (Å²) in [7, 11) is 0. The molecule has 4 fully saturated rings. The highest BCUT2D eigenvalue weighted by Crippen LogP contribution is 2.60. The van der Waals surface area contributed by atoms with Gasteiger partial charge >= 0.3 is 0 Å². The SMILES string of the molecule is CC12C[C@H]3C[C@H](C1)CC(N)(C3)C2. The first-order chi connectivity index (χ1) is 5.57. The molecular formula is C11H19N.